The predicted molar refractivity (Wildman–Crippen MR) is 187 cm³/mol. The first kappa shape index (κ1) is 43.1. The Morgan fingerprint density at radius 1 is 0.523 bits per heavy atom. The summed E-state index contributed by atoms with van der Waals surface area (Å²) in [6.07, 6.45) is 30.8. The van der Waals surface area contributed by atoms with Crippen LogP contribution in [0.4, 0.5) is 0 Å². The molecule has 0 fully saturated rings. The number of methoxy groups -OCH3 is 1. The average Bonchev–Trinajstić information content (AvgIpc) is 3.00. The molecule has 0 saturated carbocycles. The summed E-state index contributed by atoms with van der Waals surface area (Å²) in [5, 5.41) is 8.89. The first-order valence-electron chi connectivity index (χ1n) is 18.9. The van der Waals surface area contributed by atoms with E-state index in [0.717, 1.165) is 116 Å². The fourth-order valence-electron chi connectivity index (χ4n) is 6.47. The summed E-state index contributed by atoms with van der Waals surface area (Å²) < 4.78 is 19.1. The third-order valence-corrected chi connectivity index (χ3v) is 12.5. The predicted octanol–water partition coefficient (Wildman–Crippen LogP) is 12.0. The van der Waals surface area contributed by atoms with Crippen molar-refractivity contribution < 1.29 is 28.9 Å². The van der Waals surface area contributed by atoms with Crippen LogP contribution in [0, 0.1) is 0 Å². The Balaban J connectivity index is 5.14. The largest absolute Gasteiger partial charge is 0.481 e. The van der Waals surface area contributed by atoms with Crippen molar-refractivity contribution in [2.45, 2.75) is 218 Å². The van der Waals surface area contributed by atoms with Crippen molar-refractivity contribution in [1.29, 1.82) is 0 Å². The monoisotopic (exact) mass is 645 g/mol. The molecule has 0 aromatic carbocycles. The smallest absolute Gasteiger partial charge is 0.305 e. The summed E-state index contributed by atoms with van der Waals surface area (Å²) >= 11 is 0. The third-order valence-electron chi connectivity index (χ3n) is 9.40. The van der Waals surface area contributed by atoms with Gasteiger partial charge in [0.05, 0.1) is 7.11 Å². The van der Waals surface area contributed by atoms with Gasteiger partial charge in [-0.1, -0.05) is 155 Å². The number of carbonyl (C=O) groups is 2. The van der Waals surface area contributed by atoms with E-state index in [4.69, 9.17) is 9.84 Å². The van der Waals surface area contributed by atoms with E-state index in [0.29, 0.717) is 6.42 Å². The number of carboxylic acids is 1. The van der Waals surface area contributed by atoms with Gasteiger partial charge in [-0.25, -0.2) is 0 Å². The lowest BCUT2D eigenvalue weighted by Gasteiger charge is -2.31. The van der Waals surface area contributed by atoms with Gasteiger partial charge in [0, 0.05) is 24.2 Å². The maximum Gasteiger partial charge on any atom is 0.305 e. The average molecular weight is 645 g/mol. The van der Waals surface area contributed by atoms with E-state index in [2.05, 4.69) is 13.8 Å². The highest BCUT2D eigenvalue weighted by molar-refractivity contribution is 7.59. The summed E-state index contributed by atoms with van der Waals surface area (Å²) in [5.74, 6) is -0.873. The second-order valence-electron chi connectivity index (χ2n) is 13.4. The van der Waals surface area contributed by atoms with Crippen molar-refractivity contribution in [1.82, 2.24) is 0 Å². The zero-order valence-corrected chi connectivity index (χ0v) is 30.2. The van der Waals surface area contributed by atoms with E-state index < -0.39 is 13.3 Å². The van der Waals surface area contributed by atoms with E-state index in [1.165, 1.54) is 71.3 Å². The van der Waals surface area contributed by atoms with Crippen LogP contribution in [-0.2, 0) is 18.9 Å². The van der Waals surface area contributed by atoms with Crippen LogP contribution in [0.15, 0.2) is 0 Å². The van der Waals surface area contributed by atoms with E-state index in [9.17, 15) is 19.0 Å². The molecule has 0 saturated heterocycles. The molecule has 262 valence electrons. The van der Waals surface area contributed by atoms with Crippen LogP contribution in [0.5, 0.6) is 0 Å². The zero-order chi connectivity index (χ0) is 32.7. The third kappa shape index (κ3) is 25.3. The highest BCUT2D eigenvalue weighted by atomic mass is 31.2. The number of hydrogen-bond donors (Lipinski definition) is 2. The summed E-state index contributed by atoms with van der Waals surface area (Å²) in [6, 6.07) is 0. The molecule has 0 aromatic heterocycles. The molecule has 0 spiro atoms. The molecule has 3 unspecified atom stereocenters. The van der Waals surface area contributed by atoms with Gasteiger partial charge in [-0.2, -0.15) is 0 Å². The second-order valence-corrected chi connectivity index (χ2v) is 16.2. The molecule has 0 radical (unpaired) electrons. The quantitative estimate of drug-likeness (QED) is 0.0410. The highest BCUT2D eigenvalue weighted by Gasteiger charge is 2.37. The van der Waals surface area contributed by atoms with E-state index >= 15 is 0 Å². The van der Waals surface area contributed by atoms with Crippen LogP contribution in [-0.4, -0.2) is 40.4 Å². The van der Waals surface area contributed by atoms with Crippen molar-refractivity contribution in [3.05, 3.63) is 0 Å². The lowest BCUT2D eigenvalue weighted by atomic mass is 10.0. The topological polar surface area (TPSA) is 101 Å². The van der Waals surface area contributed by atoms with Gasteiger partial charge in [0.2, 0.25) is 7.37 Å². The van der Waals surface area contributed by atoms with Crippen molar-refractivity contribution in [2.75, 3.05) is 7.11 Å². The molecule has 0 aliphatic carbocycles. The number of hydrogen-bond acceptors (Lipinski definition) is 4. The Hall–Kier alpha value is -0.870. The van der Waals surface area contributed by atoms with Gasteiger partial charge in [-0.15, -0.1) is 0 Å². The molecule has 0 rings (SSSR count). The van der Waals surface area contributed by atoms with Crippen molar-refractivity contribution in [3.63, 3.8) is 0 Å². The molecule has 44 heavy (non-hydrogen) atoms. The molecule has 0 heterocycles. The van der Waals surface area contributed by atoms with Crippen LogP contribution in [0.2, 0.25) is 0 Å². The molecule has 6 nitrogen and oxygen atoms in total. The summed E-state index contributed by atoms with van der Waals surface area (Å²) in [5.41, 5.74) is -0.204. The number of carbonyl (C=O) groups excluding carboxylic acids is 1. The minimum Gasteiger partial charge on any atom is -0.481 e. The van der Waals surface area contributed by atoms with Crippen LogP contribution < -0.4 is 0 Å². The summed E-state index contributed by atoms with van der Waals surface area (Å²) in [4.78, 5) is 34.0. The summed E-state index contributed by atoms with van der Waals surface area (Å²) in [6.45, 7) is 4.48. The highest BCUT2D eigenvalue weighted by Crippen LogP contribution is 2.57. The molecule has 0 bridgehead atoms. The summed E-state index contributed by atoms with van der Waals surface area (Å²) in [7, 11) is -1.90. The number of unbranched alkanes of at least 4 members (excludes halogenated alkanes) is 20. The maximum absolute atomic E-state index is 14.4. The minimum absolute atomic E-state index is 0.0988. The van der Waals surface area contributed by atoms with E-state index in [1.807, 2.05) is 0 Å². The van der Waals surface area contributed by atoms with Gasteiger partial charge in [-0.05, 0) is 38.5 Å². The maximum atomic E-state index is 14.4. The fraction of sp³-hybridized carbons (Fsp3) is 0.946. The Morgan fingerprint density at radius 3 is 1.14 bits per heavy atom. The van der Waals surface area contributed by atoms with Crippen molar-refractivity contribution in [3.8, 4) is 0 Å². The minimum atomic E-state index is -3.34. The number of esters is 1. The number of aliphatic carboxylic acids is 1. The number of carboxylic acid groups (broad SMARTS) is 1. The normalized spacial score (nSPS) is 14.3. The molecule has 0 amide bonds. The van der Waals surface area contributed by atoms with E-state index in [1.54, 1.807) is 0 Å². The van der Waals surface area contributed by atoms with Crippen LogP contribution in [0.1, 0.15) is 206 Å². The van der Waals surface area contributed by atoms with Gasteiger partial charge in [0.1, 0.15) is 0 Å². The molecule has 2 N–H and O–H groups in total. The van der Waals surface area contributed by atoms with E-state index in [-0.39, 0.29) is 23.7 Å². The Morgan fingerprint density at radius 2 is 0.818 bits per heavy atom. The number of ether oxygens (including phenoxy) is 1. The Bertz CT molecular complexity index is 712. The van der Waals surface area contributed by atoms with Gasteiger partial charge in [0.15, 0.2) is 0 Å². The van der Waals surface area contributed by atoms with Gasteiger partial charge < -0.3 is 14.7 Å². The van der Waals surface area contributed by atoms with Gasteiger partial charge in [0.25, 0.3) is 0 Å². The second kappa shape index (κ2) is 30.8. The first-order valence-corrected chi connectivity index (χ1v) is 20.7. The molecule has 0 aliphatic heterocycles. The standard InChI is InChI=1S/C37H73O6P/c1-4-6-8-10-12-16-22-28-34(30-24-18-14-20-26-32-36(38)39)44(41,42)35(29-23-17-13-11-9-7-5-2)31-25-19-15-21-27-33-37(40)43-3/h34-35H,4-33H2,1-3H3,(H,38,39)(H,41,42). The van der Waals surface area contributed by atoms with Crippen LogP contribution >= 0.6 is 7.37 Å². The fourth-order valence-corrected chi connectivity index (χ4v) is 9.28. The molecular weight excluding hydrogens is 571 g/mol. The van der Waals surface area contributed by atoms with Gasteiger partial charge in [-0.3, -0.25) is 14.2 Å². The molecular formula is C37H73O6P. The SMILES string of the molecule is CCCCCCCCCC(CCCCCCCC(=O)O)P(=O)(O)C(CCCCCCCCC)CCCCCCCC(=O)OC. The lowest BCUT2D eigenvalue weighted by Crippen LogP contribution is -2.20. The van der Waals surface area contributed by atoms with Crippen molar-refractivity contribution >= 4 is 19.3 Å². The van der Waals surface area contributed by atoms with Crippen LogP contribution in [0.3, 0.4) is 0 Å². The Labute approximate surface area is 272 Å². The molecule has 3 atom stereocenters. The first-order chi connectivity index (χ1) is 21.3. The van der Waals surface area contributed by atoms with Crippen LogP contribution in [0.25, 0.3) is 0 Å². The lowest BCUT2D eigenvalue weighted by molar-refractivity contribution is -0.141. The van der Waals surface area contributed by atoms with Crippen molar-refractivity contribution in [2.24, 2.45) is 0 Å². The van der Waals surface area contributed by atoms with Gasteiger partial charge >= 0.3 is 11.9 Å². The molecule has 7 heteroatoms. The zero-order valence-electron chi connectivity index (χ0n) is 29.3. The number of rotatable bonds is 34. The molecule has 0 aromatic rings. The molecule has 0 aliphatic rings. The Kier molecular flexibility index (Phi) is 30.2.